The Bertz CT molecular complexity index is 1170. The van der Waals surface area contributed by atoms with Gasteiger partial charge in [0.25, 0.3) is 5.91 Å². The van der Waals surface area contributed by atoms with Gasteiger partial charge in [0.1, 0.15) is 11.5 Å². The lowest BCUT2D eigenvalue weighted by Crippen LogP contribution is -2.32. The summed E-state index contributed by atoms with van der Waals surface area (Å²) in [5.74, 6) is 1.43. The minimum Gasteiger partial charge on any atom is -0.497 e. The SMILES string of the molecule is COc1ccc2nc(N(CCCn3ccnc3)C(=O)c3ccc(OC(C)C)cc3)sc2c1. The molecule has 32 heavy (non-hydrogen) atoms. The van der Waals surface area contributed by atoms with E-state index in [-0.39, 0.29) is 12.0 Å². The predicted octanol–water partition coefficient (Wildman–Crippen LogP) is 5.03. The highest BCUT2D eigenvalue weighted by Gasteiger charge is 2.21. The van der Waals surface area contributed by atoms with Crippen LogP contribution in [0.25, 0.3) is 10.2 Å². The van der Waals surface area contributed by atoms with Gasteiger partial charge >= 0.3 is 0 Å². The summed E-state index contributed by atoms with van der Waals surface area (Å²) in [4.78, 5) is 24.1. The highest BCUT2D eigenvalue weighted by molar-refractivity contribution is 7.22. The zero-order valence-electron chi connectivity index (χ0n) is 18.4. The van der Waals surface area contributed by atoms with Gasteiger partial charge in [-0.2, -0.15) is 0 Å². The summed E-state index contributed by atoms with van der Waals surface area (Å²) >= 11 is 1.49. The smallest absolute Gasteiger partial charge is 0.260 e. The normalized spacial score (nSPS) is 11.1. The molecule has 0 aliphatic carbocycles. The molecule has 0 aliphatic rings. The molecule has 0 bridgehead atoms. The lowest BCUT2D eigenvalue weighted by Gasteiger charge is -2.20. The van der Waals surface area contributed by atoms with Gasteiger partial charge in [-0.05, 0) is 62.7 Å². The Labute approximate surface area is 191 Å². The number of methoxy groups -OCH3 is 1. The number of thiazole rings is 1. The van der Waals surface area contributed by atoms with Gasteiger partial charge < -0.3 is 14.0 Å². The number of fused-ring (bicyclic) bond motifs is 1. The van der Waals surface area contributed by atoms with Gasteiger partial charge in [-0.15, -0.1) is 0 Å². The standard InChI is InChI=1S/C24H26N4O3S/c1-17(2)31-19-7-5-18(6-8-19)23(29)28(13-4-12-27-14-11-25-16-27)24-26-21-10-9-20(30-3)15-22(21)32-24/h5-11,14-17H,4,12-13H2,1-3H3. The summed E-state index contributed by atoms with van der Waals surface area (Å²) in [6.45, 7) is 5.26. The second-order valence-electron chi connectivity index (χ2n) is 7.63. The fourth-order valence-corrected chi connectivity index (χ4v) is 4.37. The van der Waals surface area contributed by atoms with Crippen molar-refractivity contribution >= 4 is 32.6 Å². The third-order valence-corrected chi connectivity index (χ3v) is 5.93. The Morgan fingerprint density at radius 3 is 2.62 bits per heavy atom. The van der Waals surface area contributed by atoms with Gasteiger partial charge in [0.05, 0.1) is 29.8 Å². The first-order valence-electron chi connectivity index (χ1n) is 10.5. The number of anilines is 1. The molecule has 2 aromatic heterocycles. The Balaban J connectivity index is 1.59. The second kappa shape index (κ2) is 9.82. The number of benzene rings is 2. The van der Waals surface area contributed by atoms with E-state index in [0.717, 1.165) is 34.7 Å². The Morgan fingerprint density at radius 1 is 1.16 bits per heavy atom. The maximum absolute atomic E-state index is 13.5. The Morgan fingerprint density at radius 2 is 1.94 bits per heavy atom. The number of carbonyl (C=O) groups is 1. The molecule has 1 amide bonds. The third-order valence-electron chi connectivity index (χ3n) is 4.89. The molecule has 0 N–H and O–H groups in total. The largest absolute Gasteiger partial charge is 0.497 e. The molecule has 2 heterocycles. The molecular formula is C24H26N4O3S. The van der Waals surface area contributed by atoms with E-state index >= 15 is 0 Å². The number of aryl methyl sites for hydroxylation is 1. The fourth-order valence-electron chi connectivity index (χ4n) is 3.35. The number of hydrogen-bond donors (Lipinski definition) is 0. The van der Waals surface area contributed by atoms with E-state index in [1.807, 2.05) is 54.9 Å². The molecule has 0 saturated carbocycles. The van der Waals surface area contributed by atoms with Crippen molar-refractivity contribution in [1.29, 1.82) is 0 Å². The van der Waals surface area contributed by atoms with Gasteiger partial charge in [0, 0.05) is 31.0 Å². The van der Waals surface area contributed by atoms with E-state index in [1.165, 1.54) is 11.3 Å². The lowest BCUT2D eigenvalue weighted by molar-refractivity contribution is 0.0986. The summed E-state index contributed by atoms with van der Waals surface area (Å²) < 4.78 is 14.0. The first-order chi connectivity index (χ1) is 15.5. The van der Waals surface area contributed by atoms with Crippen molar-refractivity contribution < 1.29 is 14.3 Å². The summed E-state index contributed by atoms with van der Waals surface area (Å²) in [6.07, 6.45) is 6.31. The summed E-state index contributed by atoms with van der Waals surface area (Å²) in [5.41, 5.74) is 1.44. The molecule has 166 valence electrons. The minimum absolute atomic E-state index is 0.0796. The lowest BCUT2D eigenvalue weighted by atomic mass is 10.2. The van der Waals surface area contributed by atoms with Crippen LogP contribution in [0.4, 0.5) is 5.13 Å². The van der Waals surface area contributed by atoms with Crippen molar-refractivity contribution in [2.75, 3.05) is 18.6 Å². The first-order valence-corrected chi connectivity index (χ1v) is 11.3. The van der Waals surface area contributed by atoms with Crippen molar-refractivity contribution in [2.45, 2.75) is 32.9 Å². The number of hydrogen-bond acceptors (Lipinski definition) is 6. The third kappa shape index (κ3) is 5.08. The summed E-state index contributed by atoms with van der Waals surface area (Å²) in [7, 11) is 1.64. The molecule has 0 spiro atoms. The number of nitrogens with zero attached hydrogens (tertiary/aromatic N) is 4. The molecule has 7 nitrogen and oxygen atoms in total. The van der Waals surface area contributed by atoms with Crippen LogP contribution in [-0.4, -0.2) is 40.2 Å². The molecule has 4 rings (SSSR count). The van der Waals surface area contributed by atoms with Crippen molar-refractivity contribution in [1.82, 2.24) is 14.5 Å². The number of aromatic nitrogens is 3. The minimum atomic E-state index is -0.0854. The van der Waals surface area contributed by atoms with Gasteiger partial charge in [-0.25, -0.2) is 9.97 Å². The number of ether oxygens (including phenoxy) is 2. The maximum atomic E-state index is 13.5. The van der Waals surface area contributed by atoms with Crippen LogP contribution in [0, 0.1) is 0 Å². The Kier molecular flexibility index (Phi) is 6.70. The van der Waals surface area contributed by atoms with Gasteiger partial charge in [0.15, 0.2) is 5.13 Å². The van der Waals surface area contributed by atoms with E-state index in [0.29, 0.717) is 17.2 Å². The molecule has 0 atom stereocenters. The molecule has 0 unspecified atom stereocenters. The molecule has 8 heteroatoms. The molecule has 0 aliphatic heterocycles. The van der Waals surface area contributed by atoms with E-state index in [2.05, 4.69) is 4.98 Å². The van der Waals surface area contributed by atoms with Crippen molar-refractivity contribution in [3.63, 3.8) is 0 Å². The zero-order chi connectivity index (χ0) is 22.5. The predicted molar refractivity (Wildman–Crippen MR) is 127 cm³/mol. The number of amides is 1. The van der Waals surface area contributed by atoms with Crippen molar-refractivity contribution in [3.05, 3.63) is 66.7 Å². The van der Waals surface area contributed by atoms with Gasteiger partial charge in [-0.3, -0.25) is 9.69 Å². The number of imidazole rings is 1. The summed E-state index contributed by atoms with van der Waals surface area (Å²) in [5, 5.41) is 0.673. The second-order valence-corrected chi connectivity index (χ2v) is 8.64. The van der Waals surface area contributed by atoms with Crippen LogP contribution in [0.3, 0.4) is 0 Å². The van der Waals surface area contributed by atoms with E-state index in [4.69, 9.17) is 14.5 Å². The maximum Gasteiger partial charge on any atom is 0.260 e. The average Bonchev–Trinajstić information content (AvgIpc) is 3.45. The van der Waals surface area contributed by atoms with Gasteiger partial charge in [0.2, 0.25) is 0 Å². The van der Waals surface area contributed by atoms with Crippen LogP contribution in [0.5, 0.6) is 11.5 Å². The Hall–Kier alpha value is -3.39. The van der Waals surface area contributed by atoms with E-state index in [9.17, 15) is 4.79 Å². The monoisotopic (exact) mass is 450 g/mol. The van der Waals surface area contributed by atoms with E-state index < -0.39 is 0 Å². The van der Waals surface area contributed by atoms with Crippen molar-refractivity contribution in [3.8, 4) is 11.5 Å². The molecule has 0 radical (unpaired) electrons. The average molecular weight is 451 g/mol. The molecule has 4 aromatic rings. The van der Waals surface area contributed by atoms with Gasteiger partial charge in [-0.1, -0.05) is 11.3 Å². The highest BCUT2D eigenvalue weighted by atomic mass is 32.1. The van der Waals surface area contributed by atoms with Crippen LogP contribution < -0.4 is 14.4 Å². The van der Waals surface area contributed by atoms with Crippen molar-refractivity contribution in [2.24, 2.45) is 0 Å². The van der Waals surface area contributed by atoms with Crippen LogP contribution in [0.1, 0.15) is 30.6 Å². The topological polar surface area (TPSA) is 69.5 Å². The molecule has 2 aromatic carbocycles. The molecule has 0 fully saturated rings. The molecule has 0 saturated heterocycles. The van der Waals surface area contributed by atoms with Crippen LogP contribution in [0.2, 0.25) is 0 Å². The highest BCUT2D eigenvalue weighted by Crippen LogP contribution is 2.32. The van der Waals surface area contributed by atoms with E-state index in [1.54, 1.807) is 36.7 Å². The zero-order valence-corrected chi connectivity index (χ0v) is 19.2. The summed E-state index contributed by atoms with van der Waals surface area (Å²) in [6, 6.07) is 13.0. The fraction of sp³-hybridized carbons (Fsp3) is 0.292. The van der Waals surface area contributed by atoms with Crippen LogP contribution >= 0.6 is 11.3 Å². The van der Waals surface area contributed by atoms with Crippen LogP contribution in [-0.2, 0) is 6.54 Å². The quantitative estimate of drug-likeness (QED) is 0.358. The van der Waals surface area contributed by atoms with Crippen LogP contribution in [0.15, 0.2) is 61.2 Å². The number of rotatable bonds is 9. The number of carbonyl (C=O) groups excluding carboxylic acids is 1. The molecular weight excluding hydrogens is 424 g/mol. The first kappa shape index (κ1) is 21.8.